The Morgan fingerprint density at radius 3 is 2.68 bits per heavy atom. The second-order valence-electron chi connectivity index (χ2n) is 6.77. The van der Waals surface area contributed by atoms with Gasteiger partial charge in [0, 0.05) is 12.2 Å². The van der Waals surface area contributed by atoms with E-state index in [1.165, 1.54) is 11.1 Å². The quantitative estimate of drug-likeness (QED) is 0.926. The summed E-state index contributed by atoms with van der Waals surface area (Å²) in [6, 6.07) is 9.83. The molecule has 1 aromatic heterocycles. The van der Waals surface area contributed by atoms with Crippen molar-refractivity contribution in [1.29, 1.82) is 0 Å². The van der Waals surface area contributed by atoms with Crippen LogP contribution in [0.1, 0.15) is 48.2 Å². The van der Waals surface area contributed by atoms with Crippen molar-refractivity contribution in [3.05, 3.63) is 53.0 Å². The summed E-state index contributed by atoms with van der Waals surface area (Å²) in [5.41, 5.74) is 9.16. The first-order valence-electron chi connectivity index (χ1n) is 7.64. The summed E-state index contributed by atoms with van der Waals surface area (Å²) in [5.74, 6) is 0.890. The second-order valence-corrected chi connectivity index (χ2v) is 6.77. The third-order valence-corrected chi connectivity index (χ3v) is 4.16. The maximum Gasteiger partial charge on any atom is 0.293 e. The van der Waals surface area contributed by atoms with Gasteiger partial charge in [-0.1, -0.05) is 32.9 Å². The van der Waals surface area contributed by atoms with Crippen LogP contribution in [0.2, 0.25) is 0 Å². The van der Waals surface area contributed by atoms with Crippen LogP contribution in [0.3, 0.4) is 0 Å². The van der Waals surface area contributed by atoms with Gasteiger partial charge in [-0.25, -0.2) is 0 Å². The van der Waals surface area contributed by atoms with Crippen molar-refractivity contribution in [3.8, 4) is 0 Å². The van der Waals surface area contributed by atoms with E-state index in [9.17, 15) is 4.79 Å². The van der Waals surface area contributed by atoms with Gasteiger partial charge in [0.05, 0.1) is 6.54 Å². The highest BCUT2D eigenvalue weighted by molar-refractivity contribution is 6.05. The summed E-state index contributed by atoms with van der Waals surface area (Å²) < 4.78 is 5.48. The van der Waals surface area contributed by atoms with Gasteiger partial charge in [-0.3, -0.25) is 4.79 Å². The van der Waals surface area contributed by atoms with Crippen molar-refractivity contribution in [1.82, 2.24) is 0 Å². The third kappa shape index (κ3) is 2.55. The lowest BCUT2D eigenvalue weighted by molar-refractivity contribution is 0.0961. The highest BCUT2D eigenvalue weighted by Gasteiger charge is 2.28. The fraction of sp³-hybridized carbons (Fsp3) is 0.389. The molecule has 116 valence electrons. The SMILES string of the molecule is CC(C)(C)c1ccc2c(c1)CCN2C(=O)c1ccc(CN)o1. The molecule has 0 saturated carbocycles. The summed E-state index contributed by atoms with van der Waals surface area (Å²) in [4.78, 5) is 14.4. The molecule has 0 saturated heterocycles. The minimum atomic E-state index is -0.0954. The lowest BCUT2D eigenvalue weighted by atomic mass is 9.86. The molecule has 1 aliphatic rings. The highest BCUT2D eigenvalue weighted by Crippen LogP contribution is 2.33. The Balaban J connectivity index is 1.89. The van der Waals surface area contributed by atoms with Crippen molar-refractivity contribution >= 4 is 11.6 Å². The topological polar surface area (TPSA) is 59.5 Å². The fourth-order valence-electron chi connectivity index (χ4n) is 2.81. The summed E-state index contributed by atoms with van der Waals surface area (Å²) in [5, 5.41) is 0. The number of furan rings is 1. The summed E-state index contributed by atoms with van der Waals surface area (Å²) in [7, 11) is 0. The molecule has 0 atom stereocenters. The molecule has 2 aromatic rings. The maximum atomic E-state index is 12.6. The van der Waals surface area contributed by atoms with Gasteiger partial charge < -0.3 is 15.1 Å². The van der Waals surface area contributed by atoms with E-state index in [1.807, 2.05) is 6.07 Å². The van der Waals surface area contributed by atoms with Crippen LogP contribution >= 0.6 is 0 Å². The van der Waals surface area contributed by atoms with Gasteiger partial charge in [0.1, 0.15) is 5.76 Å². The summed E-state index contributed by atoms with van der Waals surface area (Å²) in [6.45, 7) is 7.59. The van der Waals surface area contributed by atoms with Gasteiger partial charge in [-0.2, -0.15) is 0 Å². The number of hydrogen-bond acceptors (Lipinski definition) is 3. The third-order valence-electron chi connectivity index (χ3n) is 4.16. The number of hydrogen-bond donors (Lipinski definition) is 1. The molecule has 1 aliphatic heterocycles. The summed E-state index contributed by atoms with van der Waals surface area (Å²) in [6.07, 6.45) is 0.884. The van der Waals surface area contributed by atoms with Gasteiger partial charge in [-0.15, -0.1) is 0 Å². The van der Waals surface area contributed by atoms with E-state index in [4.69, 9.17) is 10.2 Å². The van der Waals surface area contributed by atoms with Gasteiger partial charge in [0.15, 0.2) is 5.76 Å². The first-order valence-corrected chi connectivity index (χ1v) is 7.64. The number of anilines is 1. The maximum absolute atomic E-state index is 12.6. The molecule has 2 heterocycles. The number of fused-ring (bicyclic) bond motifs is 1. The minimum absolute atomic E-state index is 0.0954. The highest BCUT2D eigenvalue weighted by atomic mass is 16.4. The second kappa shape index (κ2) is 5.29. The largest absolute Gasteiger partial charge is 0.455 e. The normalized spacial score (nSPS) is 14.3. The van der Waals surface area contributed by atoms with E-state index in [0.717, 1.165) is 12.1 Å². The number of rotatable bonds is 2. The monoisotopic (exact) mass is 298 g/mol. The number of benzene rings is 1. The van der Waals surface area contributed by atoms with E-state index in [0.29, 0.717) is 24.6 Å². The molecule has 0 aliphatic carbocycles. The molecule has 1 aromatic carbocycles. The van der Waals surface area contributed by atoms with Crippen LogP contribution in [-0.2, 0) is 18.4 Å². The molecule has 4 nitrogen and oxygen atoms in total. The van der Waals surface area contributed by atoms with Crippen LogP contribution < -0.4 is 10.6 Å². The molecule has 0 bridgehead atoms. The molecule has 1 amide bonds. The molecule has 4 heteroatoms. The first-order chi connectivity index (χ1) is 10.4. The number of nitrogens with zero attached hydrogens (tertiary/aromatic N) is 1. The molecule has 0 radical (unpaired) electrons. The Morgan fingerprint density at radius 1 is 1.27 bits per heavy atom. The zero-order valence-corrected chi connectivity index (χ0v) is 13.3. The predicted molar refractivity (Wildman–Crippen MR) is 87.1 cm³/mol. The van der Waals surface area contributed by atoms with Crippen LogP contribution in [0.25, 0.3) is 0 Å². The predicted octanol–water partition coefficient (Wildman–Crippen LogP) is 3.24. The zero-order chi connectivity index (χ0) is 15.9. The molecule has 3 rings (SSSR count). The number of carbonyl (C=O) groups is 1. The van der Waals surface area contributed by atoms with E-state index in [1.54, 1.807) is 17.0 Å². The Kier molecular flexibility index (Phi) is 3.57. The van der Waals surface area contributed by atoms with Crippen molar-refractivity contribution < 1.29 is 9.21 Å². The fourth-order valence-corrected chi connectivity index (χ4v) is 2.81. The average Bonchev–Trinajstić information content (AvgIpc) is 3.11. The van der Waals surface area contributed by atoms with E-state index < -0.39 is 0 Å². The van der Waals surface area contributed by atoms with Gasteiger partial charge in [0.2, 0.25) is 0 Å². The number of nitrogens with two attached hydrogens (primary N) is 1. The van der Waals surface area contributed by atoms with Gasteiger partial charge in [0.25, 0.3) is 5.91 Å². The summed E-state index contributed by atoms with van der Waals surface area (Å²) >= 11 is 0. The van der Waals surface area contributed by atoms with Crippen LogP contribution in [0.4, 0.5) is 5.69 Å². The Bertz CT molecular complexity index is 710. The Hall–Kier alpha value is -2.07. The van der Waals surface area contributed by atoms with E-state index >= 15 is 0 Å². The standard InChI is InChI=1S/C18H22N2O2/c1-18(2,3)13-4-6-15-12(10-13)8-9-20(15)17(21)16-7-5-14(11-19)22-16/h4-7,10H,8-9,11,19H2,1-3H3. The van der Waals surface area contributed by atoms with Crippen molar-refractivity contribution in [2.75, 3.05) is 11.4 Å². The molecular weight excluding hydrogens is 276 g/mol. The zero-order valence-electron chi connectivity index (χ0n) is 13.3. The van der Waals surface area contributed by atoms with Crippen molar-refractivity contribution in [2.24, 2.45) is 5.73 Å². The molecular formula is C18H22N2O2. The molecule has 0 unspecified atom stereocenters. The minimum Gasteiger partial charge on any atom is -0.455 e. The van der Waals surface area contributed by atoms with Crippen LogP contribution in [0, 0.1) is 0 Å². The van der Waals surface area contributed by atoms with Crippen LogP contribution in [0.5, 0.6) is 0 Å². The lowest BCUT2D eigenvalue weighted by Crippen LogP contribution is -2.28. The van der Waals surface area contributed by atoms with Gasteiger partial charge >= 0.3 is 0 Å². The molecule has 0 spiro atoms. The molecule has 22 heavy (non-hydrogen) atoms. The molecule has 2 N–H and O–H groups in total. The smallest absolute Gasteiger partial charge is 0.293 e. The Morgan fingerprint density at radius 2 is 2.05 bits per heavy atom. The van der Waals surface area contributed by atoms with E-state index in [-0.39, 0.29) is 11.3 Å². The average molecular weight is 298 g/mol. The number of amides is 1. The van der Waals surface area contributed by atoms with Crippen molar-refractivity contribution in [2.45, 2.75) is 39.2 Å². The Labute approximate surface area is 130 Å². The first kappa shape index (κ1) is 14.9. The van der Waals surface area contributed by atoms with Crippen LogP contribution in [0.15, 0.2) is 34.7 Å². The van der Waals surface area contributed by atoms with Crippen molar-refractivity contribution in [3.63, 3.8) is 0 Å². The van der Waals surface area contributed by atoms with Gasteiger partial charge in [-0.05, 0) is 41.2 Å². The lowest BCUT2D eigenvalue weighted by Gasteiger charge is -2.21. The van der Waals surface area contributed by atoms with E-state index in [2.05, 4.69) is 32.9 Å². The van der Waals surface area contributed by atoms with Crippen LogP contribution in [-0.4, -0.2) is 12.5 Å². The number of carbonyl (C=O) groups excluding carboxylic acids is 1. The molecule has 0 fully saturated rings.